The van der Waals surface area contributed by atoms with Crippen molar-refractivity contribution in [3.63, 3.8) is 0 Å². The van der Waals surface area contributed by atoms with Crippen LogP contribution in [0.1, 0.15) is 16.8 Å². The van der Waals surface area contributed by atoms with Gasteiger partial charge in [0.25, 0.3) is 0 Å². The number of alkyl halides is 1. The monoisotopic (exact) mass is 486 g/mol. The topological polar surface area (TPSA) is 124 Å². The summed E-state index contributed by atoms with van der Waals surface area (Å²) in [6.07, 6.45) is -0.441. The standard InChI is InChI=1S/C14H13IN2O6S.Na/c15-6-12(19)16-9-3-1-8(2-4-9)10(18)7-17-13(20)5-11(14(17)21)24(22)23;/h1-4,11H,5-7H2,(H,16,19)(H,22,23);/q;+1/p-1. The summed E-state index contributed by atoms with van der Waals surface area (Å²) >= 11 is -0.780. The SMILES string of the molecule is O=C(CI)Nc1ccc(C(=O)CN2C(=O)CC(S(=O)[O-])C2=O)cc1.[Na+]. The van der Waals surface area contributed by atoms with Crippen LogP contribution in [0.5, 0.6) is 0 Å². The smallest absolute Gasteiger partial charge is 0.772 e. The van der Waals surface area contributed by atoms with Crippen LogP contribution in [0.2, 0.25) is 0 Å². The normalized spacial score (nSPS) is 17.8. The number of carbonyl (C=O) groups is 4. The third-order valence-corrected chi connectivity index (χ3v) is 4.87. The molecular weight excluding hydrogens is 474 g/mol. The molecule has 1 N–H and O–H groups in total. The number of nitrogens with zero attached hydrogens (tertiary/aromatic N) is 1. The van der Waals surface area contributed by atoms with Gasteiger partial charge in [0.2, 0.25) is 17.7 Å². The minimum Gasteiger partial charge on any atom is -0.772 e. The van der Waals surface area contributed by atoms with Gasteiger partial charge in [-0.05, 0) is 35.3 Å². The summed E-state index contributed by atoms with van der Waals surface area (Å²) < 4.78 is 22.1. The van der Waals surface area contributed by atoms with Gasteiger partial charge in [-0.2, -0.15) is 0 Å². The first-order chi connectivity index (χ1) is 11.3. The molecule has 128 valence electrons. The Morgan fingerprint density at radius 2 is 1.88 bits per heavy atom. The van der Waals surface area contributed by atoms with Crippen molar-refractivity contribution in [1.82, 2.24) is 4.90 Å². The molecule has 0 spiro atoms. The molecule has 25 heavy (non-hydrogen) atoms. The minimum atomic E-state index is -2.70. The Kier molecular flexibility index (Phi) is 8.84. The molecular formula is C14H12IN2NaO6S. The van der Waals surface area contributed by atoms with Crippen LogP contribution in [0, 0.1) is 0 Å². The van der Waals surface area contributed by atoms with Crippen molar-refractivity contribution in [3.05, 3.63) is 29.8 Å². The molecule has 0 saturated carbocycles. The first kappa shape index (κ1) is 22.4. The zero-order chi connectivity index (χ0) is 17.9. The summed E-state index contributed by atoms with van der Waals surface area (Å²) in [7, 11) is 0. The predicted molar refractivity (Wildman–Crippen MR) is 92.3 cm³/mol. The van der Waals surface area contributed by atoms with Gasteiger partial charge in [-0.25, -0.2) is 0 Å². The van der Waals surface area contributed by atoms with Crippen molar-refractivity contribution in [2.24, 2.45) is 0 Å². The molecule has 1 heterocycles. The van der Waals surface area contributed by atoms with Crippen LogP contribution in [-0.2, 0) is 25.5 Å². The quantitative estimate of drug-likeness (QED) is 0.116. The molecule has 0 aromatic heterocycles. The van der Waals surface area contributed by atoms with Crippen LogP contribution in [0.15, 0.2) is 24.3 Å². The maximum absolute atomic E-state index is 12.2. The van der Waals surface area contributed by atoms with Crippen molar-refractivity contribution in [2.75, 3.05) is 16.3 Å². The summed E-state index contributed by atoms with van der Waals surface area (Å²) in [6, 6.07) is 5.97. The second kappa shape index (κ2) is 9.88. The molecule has 0 bridgehead atoms. The number of rotatable bonds is 6. The van der Waals surface area contributed by atoms with E-state index in [2.05, 4.69) is 5.32 Å². The van der Waals surface area contributed by atoms with Gasteiger partial charge < -0.3 is 9.87 Å². The molecule has 1 aromatic carbocycles. The van der Waals surface area contributed by atoms with E-state index in [0.29, 0.717) is 15.0 Å². The van der Waals surface area contributed by atoms with Crippen molar-refractivity contribution < 1.29 is 57.5 Å². The van der Waals surface area contributed by atoms with Crippen LogP contribution in [0.3, 0.4) is 0 Å². The minimum absolute atomic E-state index is 0. The van der Waals surface area contributed by atoms with Crippen LogP contribution < -0.4 is 34.9 Å². The van der Waals surface area contributed by atoms with Gasteiger partial charge in [-0.1, -0.05) is 22.6 Å². The van der Waals surface area contributed by atoms with Crippen LogP contribution in [0.25, 0.3) is 0 Å². The molecule has 1 fully saturated rings. The van der Waals surface area contributed by atoms with E-state index >= 15 is 0 Å². The van der Waals surface area contributed by atoms with E-state index < -0.39 is 46.9 Å². The number of anilines is 1. The van der Waals surface area contributed by atoms with Crippen LogP contribution >= 0.6 is 22.6 Å². The first-order valence-corrected chi connectivity index (χ1v) is 9.41. The third-order valence-electron chi connectivity index (χ3n) is 3.35. The molecule has 0 radical (unpaired) electrons. The van der Waals surface area contributed by atoms with E-state index in [-0.39, 0.29) is 41.0 Å². The average molecular weight is 486 g/mol. The van der Waals surface area contributed by atoms with Crippen LogP contribution in [-0.4, -0.2) is 53.4 Å². The number of amides is 3. The Morgan fingerprint density at radius 3 is 2.36 bits per heavy atom. The summed E-state index contributed by atoms with van der Waals surface area (Å²) in [6.45, 7) is -0.509. The van der Waals surface area contributed by atoms with Crippen molar-refractivity contribution in [3.8, 4) is 0 Å². The number of hydrogen-bond acceptors (Lipinski definition) is 6. The summed E-state index contributed by atoms with van der Waals surface area (Å²) in [4.78, 5) is 47.7. The van der Waals surface area contributed by atoms with Gasteiger partial charge in [-0.15, -0.1) is 0 Å². The Bertz CT molecular complexity index is 727. The maximum Gasteiger partial charge on any atom is 1.00 e. The third kappa shape index (κ3) is 5.66. The number of halogens is 1. The second-order valence-electron chi connectivity index (χ2n) is 4.95. The molecule has 2 atom stereocenters. The summed E-state index contributed by atoms with van der Waals surface area (Å²) in [5.74, 6) is -2.25. The zero-order valence-corrected chi connectivity index (χ0v) is 18.2. The zero-order valence-electron chi connectivity index (χ0n) is 13.2. The Morgan fingerprint density at radius 1 is 1.28 bits per heavy atom. The van der Waals surface area contributed by atoms with Crippen molar-refractivity contribution in [2.45, 2.75) is 11.7 Å². The fraction of sp³-hybridized carbons (Fsp3) is 0.286. The molecule has 1 aliphatic heterocycles. The molecule has 1 saturated heterocycles. The number of hydrogen-bond donors (Lipinski definition) is 1. The van der Waals surface area contributed by atoms with Gasteiger partial charge in [0.1, 0.15) is 5.25 Å². The van der Waals surface area contributed by atoms with Crippen LogP contribution in [0.4, 0.5) is 5.69 Å². The number of benzene rings is 1. The number of imide groups is 1. The number of carbonyl (C=O) groups excluding carboxylic acids is 4. The maximum atomic E-state index is 12.2. The van der Waals surface area contributed by atoms with E-state index in [0.717, 1.165) is 0 Å². The van der Waals surface area contributed by atoms with Gasteiger partial charge in [0.15, 0.2) is 5.78 Å². The molecule has 3 amide bonds. The Balaban J connectivity index is 0.00000312. The van der Waals surface area contributed by atoms with E-state index in [4.69, 9.17) is 0 Å². The molecule has 11 heteroatoms. The number of nitrogens with one attached hydrogen (secondary N) is 1. The van der Waals surface area contributed by atoms with Gasteiger partial charge >= 0.3 is 29.6 Å². The predicted octanol–water partition coefficient (Wildman–Crippen LogP) is -2.75. The summed E-state index contributed by atoms with van der Waals surface area (Å²) in [5.41, 5.74) is 0.762. The molecule has 8 nitrogen and oxygen atoms in total. The van der Waals surface area contributed by atoms with E-state index in [1.165, 1.54) is 24.3 Å². The second-order valence-corrected chi connectivity index (χ2v) is 6.81. The van der Waals surface area contributed by atoms with E-state index in [1.807, 2.05) is 22.6 Å². The molecule has 0 aliphatic carbocycles. The fourth-order valence-electron chi connectivity index (χ4n) is 2.14. The number of ketones is 1. The molecule has 1 aromatic rings. The van der Waals surface area contributed by atoms with Crippen molar-refractivity contribution >= 4 is 62.9 Å². The van der Waals surface area contributed by atoms with E-state index in [1.54, 1.807) is 0 Å². The fourth-order valence-corrected chi connectivity index (χ4v) is 2.90. The number of Topliss-reactive ketones (excluding diaryl/α,β-unsaturated/α-hetero) is 1. The van der Waals surface area contributed by atoms with Gasteiger partial charge in [0, 0.05) is 17.7 Å². The summed E-state index contributed by atoms with van der Waals surface area (Å²) in [5, 5.41) is 1.20. The van der Waals surface area contributed by atoms with Gasteiger partial charge in [0.05, 0.1) is 11.0 Å². The number of likely N-dealkylation sites (tertiary alicyclic amines) is 1. The molecule has 2 rings (SSSR count). The van der Waals surface area contributed by atoms with Gasteiger partial charge in [-0.3, -0.25) is 28.3 Å². The van der Waals surface area contributed by atoms with E-state index in [9.17, 15) is 27.9 Å². The largest absolute Gasteiger partial charge is 1.00 e. The van der Waals surface area contributed by atoms with Crippen molar-refractivity contribution in [1.29, 1.82) is 0 Å². The first-order valence-electron chi connectivity index (χ1n) is 6.75. The average Bonchev–Trinajstić information content (AvgIpc) is 2.83. The Hall–Kier alpha value is -0.660. The molecule has 2 unspecified atom stereocenters. The Labute approximate surface area is 181 Å². The molecule has 1 aliphatic rings.